The molecule has 0 aliphatic carbocycles. The summed E-state index contributed by atoms with van der Waals surface area (Å²) in [5.74, 6) is -0.0375. The summed E-state index contributed by atoms with van der Waals surface area (Å²) in [5.41, 5.74) is 3.81. The number of benzene rings is 2. The highest BCUT2D eigenvalue weighted by Gasteiger charge is 2.19. The van der Waals surface area contributed by atoms with Crippen molar-refractivity contribution in [3.63, 3.8) is 0 Å². The van der Waals surface area contributed by atoms with E-state index in [9.17, 15) is 4.79 Å². The molecule has 1 amide bonds. The Balaban J connectivity index is 1.50. The van der Waals surface area contributed by atoms with E-state index in [-0.39, 0.29) is 18.5 Å². The van der Waals surface area contributed by atoms with Crippen LogP contribution in [0.25, 0.3) is 16.0 Å². The molecule has 1 N–H and O–H groups in total. The molecule has 0 saturated heterocycles. The number of nitrogens with one attached hydrogen (secondary N) is 1. The summed E-state index contributed by atoms with van der Waals surface area (Å²) >= 11 is 1.56. The fraction of sp³-hybridized carbons (Fsp3) is 0.227. The average Bonchev–Trinajstić information content (AvgIpc) is 3.30. The first-order valence-electron chi connectivity index (χ1n) is 9.50. The van der Waals surface area contributed by atoms with Crippen molar-refractivity contribution in [3.8, 4) is 5.69 Å². The Hall–Kier alpha value is -3.19. The minimum absolute atomic E-state index is 0.0375. The van der Waals surface area contributed by atoms with Gasteiger partial charge in [-0.2, -0.15) is 10.1 Å². The highest BCUT2D eigenvalue weighted by Crippen LogP contribution is 2.31. The predicted molar refractivity (Wildman–Crippen MR) is 118 cm³/mol. The van der Waals surface area contributed by atoms with E-state index in [0.29, 0.717) is 0 Å². The van der Waals surface area contributed by atoms with Crippen LogP contribution in [-0.4, -0.2) is 34.3 Å². The van der Waals surface area contributed by atoms with Crippen LogP contribution in [0.5, 0.6) is 0 Å². The van der Waals surface area contributed by atoms with Crippen LogP contribution in [0.3, 0.4) is 0 Å². The van der Waals surface area contributed by atoms with Gasteiger partial charge in [0, 0.05) is 7.05 Å². The molecule has 2 aromatic carbocycles. The number of para-hydroxylation sites is 1. The van der Waals surface area contributed by atoms with Crippen molar-refractivity contribution in [2.75, 3.05) is 18.5 Å². The standard InChI is InChI=1S/C22H23N5OS/c1-15(17-10-6-4-7-11-17)23-19(28)14-26(3)22-24-21-20(29-22)16(2)25-27(21)18-12-8-5-9-13-18/h4-13,15H,14H2,1-3H3,(H,23,28)/t15-/m1/s1. The molecule has 2 aromatic heterocycles. The van der Waals surface area contributed by atoms with Crippen LogP contribution in [0.1, 0.15) is 24.2 Å². The number of rotatable bonds is 6. The van der Waals surface area contributed by atoms with Gasteiger partial charge in [-0.25, -0.2) is 4.68 Å². The first-order chi connectivity index (χ1) is 14.0. The van der Waals surface area contributed by atoms with Gasteiger partial charge in [0.1, 0.15) is 0 Å². The topological polar surface area (TPSA) is 63.1 Å². The number of anilines is 1. The van der Waals surface area contributed by atoms with E-state index in [1.54, 1.807) is 11.3 Å². The second kappa shape index (κ2) is 8.05. The number of carbonyl (C=O) groups is 1. The van der Waals surface area contributed by atoms with Crippen LogP contribution in [0.4, 0.5) is 5.13 Å². The number of likely N-dealkylation sites (N-methyl/N-ethyl adjacent to an activating group) is 1. The molecule has 0 aliphatic rings. The number of amides is 1. The fourth-order valence-electron chi connectivity index (χ4n) is 3.23. The van der Waals surface area contributed by atoms with Crippen LogP contribution >= 0.6 is 11.3 Å². The summed E-state index contributed by atoms with van der Waals surface area (Å²) in [6.45, 7) is 4.21. The van der Waals surface area contributed by atoms with Gasteiger partial charge in [-0.1, -0.05) is 59.9 Å². The lowest BCUT2D eigenvalue weighted by atomic mass is 10.1. The summed E-state index contributed by atoms with van der Waals surface area (Å²) in [7, 11) is 1.89. The van der Waals surface area contributed by atoms with Gasteiger partial charge in [-0.15, -0.1) is 0 Å². The minimum atomic E-state index is -0.0404. The van der Waals surface area contributed by atoms with Crippen molar-refractivity contribution in [2.45, 2.75) is 19.9 Å². The zero-order valence-electron chi connectivity index (χ0n) is 16.7. The van der Waals surface area contributed by atoms with Crippen LogP contribution in [-0.2, 0) is 4.79 Å². The molecule has 4 aromatic rings. The molecule has 0 aliphatic heterocycles. The monoisotopic (exact) mass is 405 g/mol. The van der Waals surface area contributed by atoms with Crippen molar-refractivity contribution in [2.24, 2.45) is 0 Å². The Morgan fingerprint density at radius 1 is 1.14 bits per heavy atom. The molecule has 0 bridgehead atoms. The van der Waals surface area contributed by atoms with Crippen LogP contribution in [0.2, 0.25) is 0 Å². The Bertz CT molecular complexity index is 1120. The quantitative estimate of drug-likeness (QED) is 0.524. The van der Waals surface area contributed by atoms with Crippen molar-refractivity contribution < 1.29 is 4.79 Å². The van der Waals surface area contributed by atoms with Gasteiger partial charge in [0.25, 0.3) is 0 Å². The third-order valence-electron chi connectivity index (χ3n) is 4.76. The Morgan fingerprint density at radius 2 is 1.79 bits per heavy atom. The SMILES string of the molecule is Cc1nn(-c2ccccc2)c2nc(N(C)CC(=O)N[C@H](C)c3ccccc3)sc12. The van der Waals surface area contributed by atoms with E-state index in [2.05, 4.69) is 10.4 Å². The zero-order chi connectivity index (χ0) is 20.4. The molecule has 6 nitrogen and oxygen atoms in total. The number of fused-ring (bicyclic) bond motifs is 1. The molecule has 0 fully saturated rings. The van der Waals surface area contributed by atoms with Gasteiger partial charge in [-0.05, 0) is 31.5 Å². The lowest BCUT2D eigenvalue weighted by molar-refractivity contribution is -0.120. The second-order valence-electron chi connectivity index (χ2n) is 7.04. The summed E-state index contributed by atoms with van der Waals surface area (Å²) < 4.78 is 2.89. The predicted octanol–water partition coefficient (Wildman–Crippen LogP) is 4.10. The Morgan fingerprint density at radius 3 is 2.48 bits per heavy atom. The molecular formula is C22H23N5OS. The van der Waals surface area contributed by atoms with E-state index in [0.717, 1.165) is 32.4 Å². The molecule has 7 heteroatoms. The maximum Gasteiger partial charge on any atom is 0.240 e. The number of aromatic nitrogens is 3. The molecular weight excluding hydrogens is 382 g/mol. The Labute approximate surface area is 173 Å². The van der Waals surface area contributed by atoms with E-state index >= 15 is 0 Å². The smallest absolute Gasteiger partial charge is 0.240 e. The fourth-order valence-corrected chi connectivity index (χ4v) is 4.18. The van der Waals surface area contributed by atoms with E-state index < -0.39 is 0 Å². The first kappa shape index (κ1) is 19.1. The number of carbonyl (C=O) groups excluding carboxylic acids is 1. The normalized spacial score (nSPS) is 12.1. The molecule has 2 heterocycles. The first-order valence-corrected chi connectivity index (χ1v) is 10.3. The van der Waals surface area contributed by atoms with Crippen molar-refractivity contribution in [1.29, 1.82) is 0 Å². The number of aryl methyl sites for hydroxylation is 1. The maximum atomic E-state index is 12.5. The molecule has 0 radical (unpaired) electrons. The molecule has 0 spiro atoms. The van der Waals surface area contributed by atoms with E-state index in [1.807, 2.05) is 91.1 Å². The van der Waals surface area contributed by atoms with Crippen molar-refractivity contribution in [1.82, 2.24) is 20.1 Å². The van der Waals surface area contributed by atoms with Crippen LogP contribution < -0.4 is 10.2 Å². The van der Waals surface area contributed by atoms with Crippen LogP contribution in [0.15, 0.2) is 60.7 Å². The highest BCUT2D eigenvalue weighted by atomic mass is 32.1. The molecule has 0 saturated carbocycles. The van der Waals surface area contributed by atoms with Crippen molar-refractivity contribution >= 4 is 32.7 Å². The summed E-state index contributed by atoms with van der Waals surface area (Å²) in [5, 5.41) is 8.47. The van der Waals surface area contributed by atoms with Crippen molar-refractivity contribution in [3.05, 3.63) is 71.9 Å². The third kappa shape index (κ3) is 4.00. The number of nitrogens with zero attached hydrogens (tertiary/aromatic N) is 4. The van der Waals surface area contributed by atoms with Gasteiger partial charge in [0.15, 0.2) is 10.8 Å². The van der Waals surface area contributed by atoms with Gasteiger partial charge in [0.05, 0.1) is 28.7 Å². The molecule has 1 atom stereocenters. The maximum absolute atomic E-state index is 12.5. The molecule has 29 heavy (non-hydrogen) atoms. The largest absolute Gasteiger partial charge is 0.348 e. The van der Waals surface area contributed by atoms with E-state index in [4.69, 9.17) is 4.98 Å². The number of hydrogen-bond acceptors (Lipinski definition) is 5. The van der Waals surface area contributed by atoms with Gasteiger partial charge in [0.2, 0.25) is 5.91 Å². The third-order valence-corrected chi connectivity index (χ3v) is 6.03. The summed E-state index contributed by atoms with van der Waals surface area (Å²) in [4.78, 5) is 19.2. The summed E-state index contributed by atoms with van der Waals surface area (Å²) in [6, 6.07) is 19.9. The molecule has 4 rings (SSSR count). The number of hydrogen-bond donors (Lipinski definition) is 1. The van der Waals surface area contributed by atoms with Gasteiger partial charge in [-0.3, -0.25) is 4.79 Å². The zero-order valence-corrected chi connectivity index (χ0v) is 17.5. The highest BCUT2D eigenvalue weighted by molar-refractivity contribution is 7.22. The van der Waals surface area contributed by atoms with Gasteiger partial charge < -0.3 is 10.2 Å². The lowest BCUT2D eigenvalue weighted by Gasteiger charge is -2.18. The minimum Gasteiger partial charge on any atom is -0.348 e. The number of thiazole rings is 1. The second-order valence-corrected chi connectivity index (χ2v) is 8.02. The Kier molecular flexibility index (Phi) is 5.31. The van der Waals surface area contributed by atoms with E-state index in [1.165, 1.54) is 0 Å². The lowest BCUT2D eigenvalue weighted by Crippen LogP contribution is -2.36. The summed E-state index contributed by atoms with van der Waals surface area (Å²) in [6.07, 6.45) is 0. The van der Waals surface area contributed by atoms with Gasteiger partial charge >= 0.3 is 0 Å². The van der Waals surface area contributed by atoms with Crippen LogP contribution in [0, 0.1) is 6.92 Å². The molecule has 148 valence electrons. The molecule has 0 unspecified atom stereocenters. The average molecular weight is 406 g/mol.